The van der Waals surface area contributed by atoms with E-state index in [9.17, 15) is 0 Å². The van der Waals surface area contributed by atoms with E-state index in [1.54, 1.807) is 7.11 Å². The number of aliphatic imine (C=N–C) groups is 1. The number of hydrogen-bond donors (Lipinski definition) is 2. The van der Waals surface area contributed by atoms with Crippen molar-refractivity contribution in [1.82, 2.24) is 10.6 Å². The standard InChI is InChI=1S/C16H26ClN3O.HI/c1-5-18-15(20-12-16(2,3)21-4)19-11-10-13-6-8-14(17)9-7-13;/h6-9H,5,10-12H2,1-4H3,(H2,18,19,20);1H. The lowest BCUT2D eigenvalue weighted by Crippen LogP contribution is -2.40. The first-order valence-electron chi connectivity index (χ1n) is 7.28. The predicted molar refractivity (Wildman–Crippen MR) is 106 cm³/mol. The van der Waals surface area contributed by atoms with Gasteiger partial charge in [-0.2, -0.15) is 0 Å². The van der Waals surface area contributed by atoms with E-state index in [0.717, 1.165) is 30.5 Å². The molecule has 0 saturated carbocycles. The number of nitrogens with one attached hydrogen (secondary N) is 2. The fourth-order valence-corrected chi connectivity index (χ4v) is 1.78. The van der Waals surface area contributed by atoms with E-state index in [0.29, 0.717) is 6.54 Å². The molecule has 0 spiro atoms. The smallest absolute Gasteiger partial charge is 0.191 e. The van der Waals surface area contributed by atoms with Gasteiger partial charge in [-0.15, -0.1) is 24.0 Å². The minimum absolute atomic E-state index is 0. The lowest BCUT2D eigenvalue weighted by atomic mass is 10.1. The summed E-state index contributed by atoms with van der Waals surface area (Å²) in [6, 6.07) is 7.92. The number of methoxy groups -OCH3 is 1. The Morgan fingerprint density at radius 2 is 1.86 bits per heavy atom. The normalized spacial score (nSPS) is 11.8. The molecule has 4 nitrogen and oxygen atoms in total. The average Bonchev–Trinajstić information content (AvgIpc) is 2.47. The van der Waals surface area contributed by atoms with Gasteiger partial charge in [-0.1, -0.05) is 23.7 Å². The van der Waals surface area contributed by atoms with E-state index >= 15 is 0 Å². The second kappa shape index (κ2) is 11.1. The monoisotopic (exact) mass is 439 g/mol. The second-order valence-electron chi connectivity index (χ2n) is 5.46. The van der Waals surface area contributed by atoms with E-state index < -0.39 is 0 Å². The topological polar surface area (TPSA) is 45.7 Å². The van der Waals surface area contributed by atoms with Crippen LogP contribution in [0.5, 0.6) is 0 Å². The molecule has 0 aromatic heterocycles. The highest BCUT2D eigenvalue weighted by atomic mass is 127. The molecule has 1 aromatic carbocycles. The molecule has 22 heavy (non-hydrogen) atoms. The largest absolute Gasteiger partial charge is 0.377 e. The zero-order valence-corrected chi connectivity index (χ0v) is 16.9. The van der Waals surface area contributed by atoms with Gasteiger partial charge in [0.2, 0.25) is 0 Å². The van der Waals surface area contributed by atoms with Crippen LogP contribution in [0.3, 0.4) is 0 Å². The van der Waals surface area contributed by atoms with Crippen LogP contribution in [0.2, 0.25) is 5.02 Å². The summed E-state index contributed by atoms with van der Waals surface area (Å²) in [7, 11) is 1.70. The number of benzene rings is 1. The highest BCUT2D eigenvalue weighted by molar-refractivity contribution is 14.0. The van der Waals surface area contributed by atoms with E-state index in [2.05, 4.69) is 22.5 Å². The van der Waals surface area contributed by atoms with Crippen molar-refractivity contribution < 1.29 is 4.74 Å². The van der Waals surface area contributed by atoms with Crippen molar-refractivity contribution in [3.05, 3.63) is 34.9 Å². The Labute approximate surface area is 156 Å². The second-order valence-corrected chi connectivity index (χ2v) is 5.90. The fourth-order valence-electron chi connectivity index (χ4n) is 1.65. The van der Waals surface area contributed by atoms with E-state index in [4.69, 9.17) is 16.3 Å². The van der Waals surface area contributed by atoms with Crippen molar-refractivity contribution in [2.24, 2.45) is 4.99 Å². The summed E-state index contributed by atoms with van der Waals surface area (Å²) >= 11 is 5.88. The Bertz CT molecular complexity index is 449. The first kappa shape index (κ1) is 21.5. The molecule has 0 heterocycles. The van der Waals surface area contributed by atoms with Crippen molar-refractivity contribution in [2.75, 3.05) is 26.7 Å². The molecule has 126 valence electrons. The van der Waals surface area contributed by atoms with Gasteiger partial charge in [0, 0.05) is 25.2 Å². The van der Waals surface area contributed by atoms with Crippen LogP contribution in [0, 0.1) is 0 Å². The van der Waals surface area contributed by atoms with Gasteiger partial charge in [0.15, 0.2) is 5.96 Å². The summed E-state index contributed by atoms with van der Waals surface area (Å²) in [5.74, 6) is 0.816. The number of halogens is 2. The highest BCUT2D eigenvalue weighted by Gasteiger charge is 2.15. The van der Waals surface area contributed by atoms with Gasteiger partial charge in [0.25, 0.3) is 0 Å². The summed E-state index contributed by atoms with van der Waals surface area (Å²) in [6.07, 6.45) is 0.926. The molecule has 0 aliphatic carbocycles. The number of nitrogens with zero attached hydrogens (tertiary/aromatic N) is 1. The summed E-state index contributed by atoms with van der Waals surface area (Å²) in [5.41, 5.74) is 0.999. The van der Waals surface area contributed by atoms with Gasteiger partial charge in [-0.05, 0) is 44.9 Å². The fraction of sp³-hybridized carbons (Fsp3) is 0.562. The van der Waals surface area contributed by atoms with E-state index in [-0.39, 0.29) is 29.6 Å². The number of ether oxygens (including phenoxy) is 1. The van der Waals surface area contributed by atoms with Crippen LogP contribution in [0.1, 0.15) is 26.3 Å². The molecule has 0 bridgehead atoms. The molecule has 0 aliphatic rings. The molecule has 6 heteroatoms. The van der Waals surface area contributed by atoms with Crippen molar-refractivity contribution in [1.29, 1.82) is 0 Å². The molecule has 1 aromatic rings. The van der Waals surface area contributed by atoms with Crippen molar-refractivity contribution >= 4 is 41.5 Å². The molecule has 0 unspecified atom stereocenters. The average molecular weight is 440 g/mol. The zero-order chi connectivity index (χ0) is 15.7. The van der Waals surface area contributed by atoms with Crippen LogP contribution in [-0.2, 0) is 11.2 Å². The van der Waals surface area contributed by atoms with Gasteiger partial charge < -0.3 is 15.4 Å². The Morgan fingerprint density at radius 3 is 2.41 bits per heavy atom. The minimum Gasteiger partial charge on any atom is -0.377 e. The lowest BCUT2D eigenvalue weighted by Gasteiger charge is -2.21. The summed E-state index contributed by atoms with van der Waals surface area (Å²) in [6.45, 7) is 8.36. The Kier molecular flexibility index (Phi) is 10.8. The maximum Gasteiger partial charge on any atom is 0.191 e. The van der Waals surface area contributed by atoms with Crippen molar-refractivity contribution in [3.63, 3.8) is 0 Å². The van der Waals surface area contributed by atoms with Crippen molar-refractivity contribution in [2.45, 2.75) is 32.8 Å². The summed E-state index contributed by atoms with van der Waals surface area (Å²) < 4.78 is 5.38. The third-order valence-corrected chi connectivity index (χ3v) is 3.39. The number of guanidine groups is 1. The van der Waals surface area contributed by atoms with Crippen LogP contribution in [-0.4, -0.2) is 38.3 Å². The minimum atomic E-state index is -0.251. The third-order valence-electron chi connectivity index (χ3n) is 3.13. The molecule has 1 rings (SSSR count). The zero-order valence-electron chi connectivity index (χ0n) is 13.8. The van der Waals surface area contributed by atoms with Gasteiger partial charge in [0.1, 0.15) is 0 Å². The van der Waals surface area contributed by atoms with E-state index in [1.807, 2.05) is 38.1 Å². The first-order chi connectivity index (χ1) is 9.96. The Morgan fingerprint density at radius 1 is 1.23 bits per heavy atom. The molecule has 0 aliphatic heterocycles. The van der Waals surface area contributed by atoms with Gasteiger partial charge in [0.05, 0.1) is 12.1 Å². The maximum absolute atomic E-state index is 5.88. The molecule has 0 fully saturated rings. The van der Waals surface area contributed by atoms with Gasteiger partial charge in [-0.25, -0.2) is 0 Å². The SMILES string of the molecule is CCNC(=NCC(C)(C)OC)NCCc1ccc(Cl)cc1.I. The van der Waals surface area contributed by atoms with Crippen LogP contribution in [0.15, 0.2) is 29.3 Å². The van der Waals surface area contributed by atoms with Crippen LogP contribution >= 0.6 is 35.6 Å². The van der Waals surface area contributed by atoms with Crippen molar-refractivity contribution in [3.8, 4) is 0 Å². The quantitative estimate of drug-likeness (QED) is 0.388. The number of rotatable bonds is 7. The van der Waals surface area contributed by atoms with Gasteiger partial charge in [-0.3, -0.25) is 4.99 Å². The Balaban J connectivity index is 0.00000441. The molecular formula is C16H27ClIN3O. The molecular weight excluding hydrogens is 413 g/mol. The van der Waals surface area contributed by atoms with Crippen LogP contribution in [0.25, 0.3) is 0 Å². The number of hydrogen-bond acceptors (Lipinski definition) is 2. The molecule has 0 atom stereocenters. The summed E-state index contributed by atoms with van der Waals surface area (Å²) in [5, 5.41) is 7.33. The predicted octanol–water partition coefficient (Wildman–Crippen LogP) is 3.48. The van der Waals surface area contributed by atoms with Crippen LogP contribution in [0.4, 0.5) is 0 Å². The molecule has 0 radical (unpaired) electrons. The van der Waals surface area contributed by atoms with Crippen LogP contribution < -0.4 is 10.6 Å². The summed E-state index contributed by atoms with van der Waals surface area (Å²) in [4.78, 5) is 4.55. The molecule has 0 amide bonds. The third kappa shape index (κ3) is 8.80. The molecule has 2 N–H and O–H groups in total. The highest BCUT2D eigenvalue weighted by Crippen LogP contribution is 2.09. The molecule has 0 saturated heterocycles. The van der Waals surface area contributed by atoms with Gasteiger partial charge >= 0.3 is 0 Å². The Hall–Kier alpha value is -0.530. The maximum atomic E-state index is 5.88. The first-order valence-corrected chi connectivity index (χ1v) is 7.66. The lowest BCUT2D eigenvalue weighted by molar-refractivity contribution is 0.0310. The van der Waals surface area contributed by atoms with E-state index in [1.165, 1.54) is 5.56 Å².